The minimum Gasteiger partial charge on any atom is -0.356 e. The minimum absolute atomic E-state index is 0.177. The van der Waals surface area contributed by atoms with Crippen molar-refractivity contribution in [3.8, 4) is 0 Å². The van der Waals surface area contributed by atoms with Gasteiger partial charge in [0.1, 0.15) is 15.8 Å². The summed E-state index contributed by atoms with van der Waals surface area (Å²) in [5.41, 5.74) is 1.87. The summed E-state index contributed by atoms with van der Waals surface area (Å²) in [5, 5.41) is 0. The van der Waals surface area contributed by atoms with Gasteiger partial charge in [-0.1, -0.05) is 60.4 Å². The van der Waals surface area contributed by atoms with Gasteiger partial charge in [0.2, 0.25) is 0 Å². The molecule has 4 heterocycles. The standard InChI is InChI=1S/C25H24N4O2S2/c1-17(18-10-4-2-5-11-18)29-24(31)20(33-25(29)32)16-19-22(27-13-7-3-8-14-27)26-21-12-6-9-15-28(21)23(19)30/h2,4-6,9-12,15-17H,3,7-8,13-14H2,1H3/b20-16+. The molecule has 1 amide bonds. The van der Waals surface area contributed by atoms with Crippen LogP contribution in [0.3, 0.4) is 0 Å². The third kappa shape index (κ3) is 4.09. The van der Waals surface area contributed by atoms with Gasteiger partial charge < -0.3 is 4.90 Å². The topological polar surface area (TPSA) is 57.9 Å². The first-order chi connectivity index (χ1) is 16.0. The van der Waals surface area contributed by atoms with E-state index in [1.54, 1.807) is 23.2 Å². The Morgan fingerprint density at radius 1 is 1.03 bits per heavy atom. The summed E-state index contributed by atoms with van der Waals surface area (Å²) >= 11 is 6.82. The van der Waals surface area contributed by atoms with Crippen molar-refractivity contribution in [3.63, 3.8) is 0 Å². The lowest BCUT2D eigenvalue weighted by Gasteiger charge is -2.29. The molecule has 5 rings (SSSR count). The van der Waals surface area contributed by atoms with E-state index in [0.717, 1.165) is 31.5 Å². The predicted octanol–water partition coefficient (Wildman–Crippen LogP) is 4.65. The molecule has 1 unspecified atom stereocenters. The number of benzene rings is 1. The molecule has 2 fully saturated rings. The molecular formula is C25H24N4O2S2. The van der Waals surface area contributed by atoms with Crippen LogP contribution in [0.2, 0.25) is 0 Å². The first-order valence-electron chi connectivity index (χ1n) is 11.1. The fourth-order valence-corrected chi connectivity index (χ4v) is 5.79. The van der Waals surface area contributed by atoms with E-state index < -0.39 is 0 Å². The summed E-state index contributed by atoms with van der Waals surface area (Å²) in [6, 6.07) is 15.1. The minimum atomic E-state index is -0.193. The van der Waals surface area contributed by atoms with Gasteiger partial charge in [-0.3, -0.25) is 18.9 Å². The Morgan fingerprint density at radius 3 is 2.52 bits per heavy atom. The number of hydrogen-bond acceptors (Lipinski definition) is 6. The van der Waals surface area contributed by atoms with Crippen molar-refractivity contribution in [1.29, 1.82) is 0 Å². The van der Waals surface area contributed by atoms with Gasteiger partial charge >= 0.3 is 0 Å². The lowest BCUT2D eigenvalue weighted by Crippen LogP contribution is -2.33. The quantitative estimate of drug-likeness (QED) is 0.404. The Bertz CT molecular complexity index is 1310. The van der Waals surface area contributed by atoms with E-state index in [1.807, 2.05) is 49.4 Å². The van der Waals surface area contributed by atoms with Crippen LogP contribution >= 0.6 is 24.0 Å². The monoisotopic (exact) mass is 476 g/mol. The van der Waals surface area contributed by atoms with Gasteiger partial charge in [-0.2, -0.15) is 0 Å². The fraction of sp³-hybridized carbons (Fsp3) is 0.280. The highest BCUT2D eigenvalue weighted by Gasteiger charge is 2.36. The van der Waals surface area contributed by atoms with E-state index in [2.05, 4.69) is 4.90 Å². The molecule has 0 N–H and O–H groups in total. The van der Waals surface area contributed by atoms with Crippen molar-refractivity contribution in [3.05, 3.63) is 81.1 Å². The van der Waals surface area contributed by atoms with Crippen LogP contribution in [0.5, 0.6) is 0 Å². The molecule has 0 spiro atoms. The Balaban J connectivity index is 1.58. The van der Waals surface area contributed by atoms with Crippen LogP contribution in [0.25, 0.3) is 11.7 Å². The number of piperidine rings is 1. The molecule has 2 aromatic heterocycles. The number of thiocarbonyl (C=S) groups is 1. The summed E-state index contributed by atoms with van der Waals surface area (Å²) in [6.07, 6.45) is 6.70. The summed E-state index contributed by atoms with van der Waals surface area (Å²) in [5.74, 6) is 0.468. The van der Waals surface area contributed by atoms with E-state index in [1.165, 1.54) is 22.6 Å². The fourth-order valence-electron chi connectivity index (χ4n) is 4.39. The number of carbonyl (C=O) groups excluding carboxylic acids is 1. The molecule has 2 aliphatic heterocycles. The first kappa shape index (κ1) is 21.9. The van der Waals surface area contributed by atoms with Gasteiger partial charge in [0.15, 0.2) is 0 Å². The number of thioether (sulfide) groups is 1. The second-order valence-corrected chi connectivity index (χ2v) is 9.94. The molecule has 0 radical (unpaired) electrons. The van der Waals surface area contributed by atoms with E-state index in [0.29, 0.717) is 26.3 Å². The lowest BCUT2D eigenvalue weighted by atomic mass is 10.1. The number of pyridine rings is 1. The Labute approximate surface area is 201 Å². The number of fused-ring (bicyclic) bond motifs is 1. The van der Waals surface area contributed by atoms with Gasteiger partial charge in [0, 0.05) is 19.3 Å². The maximum Gasteiger partial charge on any atom is 0.267 e. The second kappa shape index (κ2) is 9.11. The summed E-state index contributed by atoms with van der Waals surface area (Å²) < 4.78 is 2.03. The number of nitrogens with zero attached hydrogens (tertiary/aromatic N) is 4. The molecule has 1 atom stereocenters. The number of amides is 1. The van der Waals surface area contributed by atoms with Crippen LogP contribution in [0.4, 0.5) is 5.82 Å². The van der Waals surface area contributed by atoms with Crippen LogP contribution in [0.1, 0.15) is 43.4 Å². The molecular weight excluding hydrogens is 452 g/mol. The summed E-state index contributed by atoms with van der Waals surface area (Å²) in [6.45, 7) is 3.67. The van der Waals surface area contributed by atoms with E-state index >= 15 is 0 Å². The smallest absolute Gasteiger partial charge is 0.267 e. The summed E-state index contributed by atoms with van der Waals surface area (Å²) in [7, 11) is 0. The number of anilines is 1. The number of carbonyl (C=O) groups is 1. The molecule has 6 nitrogen and oxygen atoms in total. The van der Waals surface area contributed by atoms with Gasteiger partial charge in [-0.05, 0) is 50.0 Å². The van der Waals surface area contributed by atoms with Crippen molar-refractivity contribution in [2.45, 2.75) is 32.2 Å². The molecule has 2 aliphatic rings. The van der Waals surface area contributed by atoms with E-state index in [-0.39, 0.29) is 17.5 Å². The zero-order valence-electron chi connectivity index (χ0n) is 18.3. The normalized spacial score (nSPS) is 19.0. The van der Waals surface area contributed by atoms with E-state index in [4.69, 9.17) is 17.2 Å². The molecule has 0 aliphatic carbocycles. The largest absolute Gasteiger partial charge is 0.356 e. The lowest BCUT2D eigenvalue weighted by molar-refractivity contribution is -0.123. The SMILES string of the molecule is CC(c1ccccc1)N1C(=O)/C(=C\c2c(N3CCCCC3)nc3ccccn3c2=O)SC1=S. The highest BCUT2D eigenvalue weighted by atomic mass is 32.2. The van der Waals surface area contributed by atoms with Crippen molar-refractivity contribution < 1.29 is 4.79 Å². The Morgan fingerprint density at radius 2 is 1.76 bits per heavy atom. The van der Waals surface area contributed by atoms with Gasteiger partial charge in [-0.15, -0.1) is 0 Å². The zero-order valence-corrected chi connectivity index (χ0v) is 19.9. The number of hydrogen-bond donors (Lipinski definition) is 0. The molecule has 8 heteroatoms. The van der Waals surface area contributed by atoms with E-state index in [9.17, 15) is 9.59 Å². The van der Waals surface area contributed by atoms with Crippen molar-refractivity contribution in [2.24, 2.45) is 0 Å². The Hall–Kier alpha value is -2.97. The first-order valence-corrected chi connectivity index (χ1v) is 12.4. The molecule has 33 heavy (non-hydrogen) atoms. The van der Waals surface area contributed by atoms with Gasteiger partial charge in [-0.25, -0.2) is 4.98 Å². The molecule has 1 aromatic carbocycles. The average Bonchev–Trinajstić information content (AvgIpc) is 3.14. The van der Waals surface area contributed by atoms with Crippen molar-refractivity contribution >= 4 is 51.7 Å². The van der Waals surface area contributed by atoms with Crippen LogP contribution in [-0.2, 0) is 4.79 Å². The van der Waals surface area contributed by atoms with Crippen LogP contribution in [-0.4, -0.2) is 37.6 Å². The molecule has 168 valence electrons. The third-order valence-electron chi connectivity index (χ3n) is 6.17. The predicted molar refractivity (Wildman–Crippen MR) is 137 cm³/mol. The van der Waals surface area contributed by atoms with Crippen LogP contribution in [0, 0.1) is 0 Å². The third-order valence-corrected chi connectivity index (χ3v) is 7.50. The molecule has 0 saturated carbocycles. The number of aromatic nitrogens is 2. The number of rotatable bonds is 4. The highest BCUT2D eigenvalue weighted by Crippen LogP contribution is 2.38. The Kier molecular flexibility index (Phi) is 6.03. The zero-order chi connectivity index (χ0) is 22.9. The molecule has 3 aromatic rings. The van der Waals surface area contributed by atoms with Crippen molar-refractivity contribution in [2.75, 3.05) is 18.0 Å². The second-order valence-electron chi connectivity index (χ2n) is 8.27. The summed E-state index contributed by atoms with van der Waals surface area (Å²) in [4.78, 5) is 36.0. The average molecular weight is 477 g/mol. The molecule has 2 saturated heterocycles. The van der Waals surface area contributed by atoms with Gasteiger partial charge in [0.25, 0.3) is 11.5 Å². The van der Waals surface area contributed by atoms with Crippen LogP contribution < -0.4 is 10.5 Å². The van der Waals surface area contributed by atoms with Crippen LogP contribution in [0.15, 0.2) is 64.4 Å². The maximum absolute atomic E-state index is 13.5. The van der Waals surface area contributed by atoms with Crippen molar-refractivity contribution in [1.82, 2.24) is 14.3 Å². The molecule has 0 bridgehead atoms. The maximum atomic E-state index is 13.5. The highest BCUT2D eigenvalue weighted by molar-refractivity contribution is 8.26. The van der Waals surface area contributed by atoms with Gasteiger partial charge in [0.05, 0.1) is 16.5 Å².